The molecule has 1 amide bonds. The molecule has 0 atom stereocenters. The number of amides is 1. The third-order valence-corrected chi connectivity index (χ3v) is 6.10. The Morgan fingerprint density at radius 1 is 1.11 bits per heavy atom. The number of carbonyl (C=O) groups is 1. The van der Waals surface area contributed by atoms with E-state index in [0.717, 1.165) is 58.7 Å². The van der Waals surface area contributed by atoms with Gasteiger partial charge in [-0.2, -0.15) is 0 Å². The van der Waals surface area contributed by atoms with Gasteiger partial charge in [-0.25, -0.2) is 4.98 Å². The first kappa shape index (κ1) is 19.0. The van der Waals surface area contributed by atoms with Crippen LogP contribution in [0.25, 0.3) is 10.2 Å². The molecule has 1 aliphatic heterocycles. The molecule has 0 bridgehead atoms. The molecular formula is C21H22ClN3O2S. The fourth-order valence-corrected chi connectivity index (χ4v) is 4.55. The van der Waals surface area contributed by atoms with Crippen molar-refractivity contribution in [2.24, 2.45) is 0 Å². The first-order valence-electron chi connectivity index (χ1n) is 9.46. The summed E-state index contributed by atoms with van der Waals surface area (Å²) in [7, 11) is 0. The van der Waals surface area contributed by atoms with Crippen molar-refractivity contribution in [2.75, 3.05) is 37.7 Å². The van der Waals surface area contributed by atoms with E-state index in [1.807, 2.05) is 53.4 Å². The van der Waals surface area contributed by atoms with Crippen LogP contribution in [0, 0.1) is 0 Å². The van der Waals surface area contributed by atoms with E-state index in [4.69, 9.17) is 21.3 Å². The van der Waals surface area contributed by atoms with Crippen LogP contribution in [-0.2, 0) is 4.79 Å². The van der Waals surface area contributed by atoms with Crippen LogP contribution in [0.1, 0.15) is 12.8 Å². The maximum atomic E-state index is 12.5. The third-order valence-electron chi connectivity index (χ3n) is 4.79. The molecular weight excluding hydrogens is 394 g/mol. The zero-order chi connectivity index (χ0) is 19.3. The van der Waals surface area contributed by atoms with Crippen molar-refractivity contribution >= 4 is 44.2 Å². The molecule has 1 aliphatic rings. The van der Waals surface area contributed by atoms with Crippen LogP contribution in [0.2, 0.25) is 5.02 Å². The standard InChI is InChI=1S/C21H22ClN3O2S/c22-16-8-9-18-19(15-16)28-21(23-18)25-12-10-24(11-13-25)20(26)7-4-14-27-17-5-2-1-3-6-17/h1-3,5-6,8-9,15H,4,7,10-14H2. The Morgan fingerprint density at radius 3 is 2.68 bits per heavy atom. The summed E-state index contributed by atoms with van der Waals surface area (Å²) in [6, 6.07) is 15.5. The number of thiazole rings is 1. The number of nitrogens with zero attached hydrogens (tertiary/aromatic N) is 3. The Labute approximate surface area is 173 Å². The molecule has 0 radical (unpaired) electrons. The second-order valence-electron chi connectivity index (χ2n) is 6.74. The minimum absolute atomic E-state index is 0.201. The topological polar surface area (TPSA) is 45.7 Å². The summed E-state index contributed by atoms with van der Waals surface area (Å²) in [5.74, 6) is 1.05. The van der Waals surface area contributed by atoms with Gasteiger partial charge in [-0.15, -0.1) is 0 Å². The molecule has 2 aromatic carbocycles. The SMILES string of the molecule is O=C(CCCOc1ccccc1)N1CCN(c2nc3ccc(Cl)cc3s2)CC1. The molecule has 1 aromatic heterocycles. The highest BCUT2D eigenvalue weighted by Gasteiger charge is 2.22. The summed E-state index contributed by atoms with van der Waals surface area (Å²) in [6.07, 6.45) is 1.25. The van der Waals surface area contributed by atoms with Crippen LogP contribution < -0.4 is 9.64 Å². The second-order valence-corrected chi connectivity index (χ2v) is 8.19. The zero-order valence-corrected chi connectivity index (χ0v) is 17.1. The Bertz CT molecular complexity index is 939. The van der Waals surface area contributed by atoms with Gasteiger partial charge in [0.1, 0.15) is 5.75 Å². The number of benzene rings is 2. The van der Waals surface area contributed by atoms with Crippen LogP contribution in [0.15, 0.2) is 48.5 Å². The fraction of sp³-hybridized carbons (Fsp3) is 0.333. The average Bonchev–Trinajstić information content (AvgIpc) is 3.15. The molecule has 7 heteroatoms. The van der Waals surface area contributed by atoms with Crippen LogP contribution in [0.4, 0.5) is 5.13 Å². The predicted octanol–water partition coefficient (Wildman–Crippen LogP) is 4.46. The molecule has 1 fully saturated rings. The minimum Gasteiger partial charge on any atom is -0.494 e. The number of anilines is 1. The normalized spacial score (nSPS) is 14.5. The van der Waals surface area contributed by atoms with Crippen LogP contribution in [0.3, 0.4) is 0 Å². The number of carbonyl (C=O) groups excluding carboxylic acids is 1. The van der Waals surface area contributed by atoms with E-state index >= 15 is 0 Å². The molecule has 0 saturated carbocycles. The Kier molecular flexibility index (Phi) is 5.98. The van der Waals surface area contributed by atoms with Crippen LogP contribution >= 0.6 is 22.9 Å². The average molecular weight is 416 g/mol. The van der Waals surface area contributed by atoms with Crippen LogP contribution in [-0.4, -0.2) is 48.6 Å². The molecule has 0 spiro atoms. The van der Waals surface area contributed by atoms with Gasteiger partial charge in [0.2, 0.25) is 5.91 Å². The van der Waals surface area contributed by atoms with Crippen molar-refractivity contribution < 1.29 is 9.53 Å². The molecule has 0 unspecified atom stereocenters. The van der Waals surface area contributed by atoms with E-state index in [1.54, 1.807) is 11.3 Å². The van der Waals surface area contributed by atoms with Crippen molar-refractivity contribution in [2.45, 2.75) is 12.8 Å². The van der Waals surface area contributed by atoms with Gasteiger partial charge in [-0.1, -0.05) is 41.1 Å². The highest BCUT2D eigenvalue weighted by Crippen LogP contribution is 2.31. The summed E-state index contributed by atoms with van der Waals surface area (Å²) in [5.41, 5.74) is 0.973. The van der Waals surface area contributed by atoms with Crippen molar-refractivity contribution in [3.05, 3.63) is 53.6 Å². The lowest BCUT2D eigenvalue weighted by Gasteiger charge is -2.34. The lowest BCUT2D eigenvalue weighted by molar-refractivity contribution is -0.131. The van der Waals surface area contributed by atoms with E-state index < -0.39 is 0 Å². The highest BCUT2D eigenvalue weighted by molar-refractivity contribution is 7.22. The van der Waals surface area contributed by atoms with E-state index in [0.29, 0.717) is 13.0 Å². The summed E-state index contributed by atoms with van der Waals surface area (Å²) >= 11 is 7.72. The molecule has 5 nitrogen and oxygen atoms in total. The quantitative estimate of drug-likeness (QED) is 0.558. The molecule has 1 saturated heterocycles. The monoisotopic (exact) mass is 415 g/mol. The number of ether oxygens (including phenoxy) is 1. The first-order chi connectivity index (χ1) is 13.7. The molecule has 28 heavy (non-hydrogen) atoms. The largest absolute Gasteiger partial charge is 0.494 e. The lowest BCUT2D eigenvalue weighted by Crippen LogP contribution is -2.48. The highest BCUT2D eigenvalue weighted by atomic mass is 35.5. The number of halogens is 1. The smallest absolute Gasteiger partial charge is 0.222 e. The van der Waals surface area contributed by atoms with Crippen molar-refractivity contribution in [3.8, 4) is 5.75 Å². The van der Waals surface area contributed by atoms with Gasteiger partial charge < -0.3 is 14.5 Å². The molecule has 0 N–H and O–H groups in total. The van der Waals surface area contributed by atoms with E-state index in [2.05, 4.69) is 4.90 Å². The van der Waals surface area contributed by atoms with Gasteiger partial charge in [0.15, 0.2) is 5.13 Å². The van der Waals surface area contributed by atoms with E-state index in [-0.39, 0.29) is 5.91 Å². The molecule has 146 valence electrons. The number of aromatic nitrogens is 1. The number of hydrogen-bond acceptors (Lipinski definition) is 5. The molecule has 4 rings (SSSR count). The number of rotatable bonds is 6. The summed E-state index contributed by atoms with van der Waals surface area (Å²) < 4.78 is 6.76. The molecule has 0 aliphatic carbocycles. The Morgan fingerprint density at radius 2 is 1.89 bits per heavy atom. The van der Waals surface area contributed by atoms with E-state index in [1.165, 1.54) is 0 Å². The Balaban J connectivity index is 1.23. The van der Waals surface area contributed by atoms with Gasteiger partial charge >= 0.3 is 0 Å². The number of para-hydroxylation sites is 1. The number of piperazine rings is 1. The van der Waals surface area contributed by atoms with Gasteiger partial charge in [0.05, 0.1) is 16.8 Å². The maximum absolute atomic E-state index is 12.5. The summed E-state index contributed by atoms with van der Waals surface area (Å²) in [6.45, 7) is 3.63. The summed E-state index contributed by atoms with van der Waals surface area (Å²) in [5, 5.41) is 1.73. The van der Waals surface area contributed by atoms with Crippen LogP contribution in [0.5, 0.6) is 5.75 Å². The van der Waals surface area contributed by atoms with Crippen molar-refractivity contribution in [3.63, 3.8) is 0 Å². The maximum Gasteiger partial charge on any atom is 0.222 e. The predicted molar refractivity (Wildman–Crippen MR) is 115 cm³/mol. The van der Waals surface area contributed by atoms with Crippen molar-refractivity contribution in [1.82, 2.24) is 9.88 Å². The molecule has 3 aromatic rings. The Hall–Kier alpha value is -2.31. The first-order valence-corrected chi connectivity index (χ1v) is 10.7. The third kappa shape index (κ3) is 4.56. The molecule has 2 heterocycles. The van der Waals surface area contributed by atoms with Gasteiger partial charge in [-0.3, -0.25) is 4.79 Å². The summed E-state index contributed by atoms with van der Waals surface area (Å²) in [4.78, 5) is 21.4. The van der Waals surface area contributed by atoms with Gasteiger partial charge in [0.25, 0.3) is 0 Å². The minimum atomic E-state index is 0.201. The lowest BCUT2D eigenvalue weighted by atomic mass is 10.2. The van der Waals surface area contributed by atoms with Crippen molar-refractivity contribution in [1.29, 1.82) is 0 Å². The zero-order valence-electron chi connectivity index (χ0n) is 15.5. The van der Waals surface area contributed by atoms with E-state index in [9.17, 15) is 4.79 Å². The fourth-order valence-electron chi connectivity index (χ4n) is 3.26. The number of hydrogen-bond donors (Lipinski definition) is 0. The number of fused-ring (bicyclic) bond motifs is 1. The van der Waals surface area contributed by atoms with Gasteiger partial charge in [0, 0.05) is 37.6 Å². The van der Waals surface area contributed by atoms with Gasteiger partial charge in [-0.05, 0) is 36.8 Å². The second kappa shape index (κ2) is 8.80.